The summed E-state index contributed by atoms with van der Waals surface area (Å²) in [6, 6.07) is 23.0. The Morgan fingerprint density at radius 2 is 1.69 bits per heavy atom. The van der Waals surface area contributed by atoms with Crippen molar-refractivity contribution in [1.82, 2.24) is 9.88 Å². The molecule has 2 heterocycles. The van der Waals surface area contributed by atoms with Crippen LogP contribution < -0.4 is 19.7 Å². The Morgan fingerprint density at radius 3 is 2.44 bits per heavy atom. The van der Waals surface area contributed by atoms with Gasteiger partial charge in [0.2, 0.25) is 0 Å². The van der Waals surface area contributed by atoms with Crippen LogP contribution in [0.5, 0.6) is 11.5 Å². The number of thiocarbonyl (C=S) groups is 1. The molecular weight excluding hydrogens is 474 g/mol. The Morgan fingerprint density at radius 1 is 0.944 bits per heavy atom. The summed E-state index contributed by atoms with van der Waals surface area (Å²) in [6.45, 7) is 0.657. The van der Waals surface area contributed by atoms with E-state index in [1.54, 1.807) is 31.4 Å². The van der Waals surface area contributed by atoms with Gasteiger partial charge in [-0.1, -0.05) is 48.5 Å². The number of para-hydroxylation sites is 1. The highest BCUT2D eigenvalue weighted by Crippen LogP contribution is 2.35. The van der Waals surface area contributed by atoms with Crippen LogP contribution in [0, 0.1) is 0 Å². The maximum atomic E-state index is 13.6. The summed E-state index contributed by atoms with van der Waals surface area (Å²) in [7, 11) is 3.03. The van der Waals surface area contributed by atoms with Crippen molar-refractivity contribution < 1.29 is 19.1 Å². The Labute approximate surface area is 213 Å². The number of hydrogen-bond acceptors (Lipinski definition) is 5. The van der Waals surface area contributed by atoms with E-state index in [-0.39, 0.29) is 10.7 Å². The molecule has 1 aliphatic rings. The molecule has 4 aromatic rings. The third-order valence-corrected chi connectivity index (χ3v) is 6.33. The summed E-state index contributed by atoms with van der Waals surface area (Å²) >= 11 is 5.36. The standard InChI is InChI=1S/C28H23N3O4S/c1-34-20-12-13-24(25(15-20)35-2)31-27(33)22(26(32)29-28(31)36)14-19-17-30(16-18-8-4-3-5-9-18)23-11-7-6-10-21(19)23/h3-15,17H,16H2,1-2H3,(H,29,32,36)/b22-14+. The Balaban J connectivity index is 1.57. The molecule has 0 bridgehead atoms. The van der Waals surface area contributed by atoms with E-state index in [0.29, 0.717) is 23.7 Å². The number of carbonyl (C=O) groups excluding carboxylic acids is 2. The van der Waals surface area contributed by atoms with Crippen LogP contribution in [0.15, 0.2) is 84.6 Å². The van der Waals surface area contributed by atoms with Crippen molar-refractivity contribution in [2.75, 3.05) is 19.1 Å². The first-order valence-electron chi connectivity index (χ1n) is 11.3. The van der Waals surface area contributed by atoms with Crippen LogP contribution in [0.3, 0.4) is 0 Å². The zero-order chi connectivity index (χ0) is 25.2. The fourth-order valence-electron chi connectivity index (χ4n) is 4.30. The number of rotatable bonds is 6. The largest absolute Gasteiger partial charge is 0.497 e. The average molecular weight is 498 g/mol. The summed E-state index contributed by atoms with van der Waals surface area (Å²) in [4.78, 5) is 27.8. The number of benzene rings is 3. The van der Waals surface area contributed by atoms with Gasteiger partial charge < -0.3 is 14.0 Å². The number of methoxy groups -OCH3 is 2. The van der Waals surface area contributed by atoms with E-state index >= 15 is 0 Å². The van der Waals surface area contributed by atoms with Gasteiger partial charge in [-0.05, 0) is 42.1 Å². The minimum atomic E-state index is -0.548. The number of ether oxygens (including phenoxy) is 2. The molecule has 36 heavy (non-hydrogen) atoms. The molecule has 1 aromatic heterocycles. The Bertz CT molecular complexity index is 1520. The van der Waals surface area contributed by atoms with Gasteiger partial charge in [0.15, 0.2) is 5.11 Å². The van der Waals surface area contributed by atoms with Gasteiger partial charge >= 0.3 is 0 Å². The molecule has 1 aliphatic heterocycles. The molecule has 0 unspecified atom stereocenters. The van der Waals surface area contributed by atoms with Crippen molar-refractivity contribution in [3.63, 3.8) is 0 Å². The van der Waals surface area contributed by atoms with Crippen LogP contribution in [0.25, 0.3) is 17.0 Å². The molecule has 8 heteroatoms. The molecule has 3 aromatic carbocycles. The molecule has 7 nitrogen and oxygen atoms in total. The molecule has 0 radical (unpaired) electrons. The predicted octanol–water partition coefficient (Wildman–Crippen LogP) is 4.54. The van der Waals surface area contributed by atoms with Gasteiger partial charge in [0.1, 0.15) is 17.1 Å². The lowest BCUT2D eigenvalue weighted by Gasteiger charge is -2.30. The normalized spacial score (nSPS) is 14.9. The van der Waals surface area contributed by atoms with Crippen LogP contribution in [-0.4, -0.2) is 35.7 Å². The number of nitrogens with one attached hydrogen (secondary N) is 1. The van der Waals surface area contributed by atoms with E-state index < -0.39 is 11.8 Å². The number of hydrogen-bond donors (Lipinski definition) is 1. The predicted molar refractivity (Wildman–Crippen MR) is 143 cm³/mol. The van der Waals surface area contributed by atoms with Crippen LogP contribution in [0.1, 0.15) is 11.1 Å². The molecule has 5 rings (SSSR count). The van der Waals surface area contributed by atoms with Crippen molar-refractivity contribution >= 4 is 51.8 Å². The van der Waals surface area contributed by atoms with Gasteiger partial charge in [0.05, 0.1) is 19.9 Å². The van der Waals surface area contributed by atoms with E-state index in [4.69, 9.17) is 21.7 Å². The van der Waals surface area contributed by atoms with E-state index in [1.807, 2.05) is 48.7 Å². The molecule has 2 amide bonds. The Hall–Kier alpha value is -4.43. The zero-order valence-electron chi connectivity index (χ0n) is 19.7. The van der Waals surface area contributed by atoms with Crippen LogP contribution in [0.2, 0.25) is 0 Å². The highest BCUT2D eigenvalue weighted by molar-refractivity contribution is 7.80. The molecule has 1 saturated heterocycles. The summed E-state index contributed by atoms with van der Waals surface area (Å²) in [5.74, 6) is -0.127. The smallest absolute Gasteiger partial charge is 0.270 e. The van der Waals surface area contributed by atoms with Crippen LogP contribution in [-0.2, 0) is 16.1 Å². The van der Waals surface area contributed by atoms with E-state index in [2.05, 4.69) is 22.0 Å². The van der Waals surface area contributed by atoms with Crippen molar-refractivity contribution in [1.29, 1.82) is 0 Å². The van der Waals surface area contributed by atoms with Gasteiger partial charge in [0, 0.05) is 35.3 Å². The first-order valence-corrected chi connectivity index (χ1v) is 11.7. The molecule has 0 saturated carbocycles. The van der Waals surface area contributed by atoms with E-state index in [1.165, 1.54) is 12.0 Å². The van der Waals surface area contributed by atoms with Gasteiger partial charge in [-0.3, -0.25) is 14.9 Å². The van der Waals surface area contributed by atoms with Gasteiger partial charge in [-0.2, -0.15) is 0 Å². The number of carbonyl (C=O) groups is 2. The monoisotopic (exact) mass is 497 g/mol. The SMILES string of the molecule is COc1ccc(N2C(=O)/C(=C/c3cn(Cc4ccccc4)c4ccccc34)C(=O)NC2=S)c(OC)c1. The van der Waals surface area contributed by atoms with Crippen molar-refractivity contribution in [2.45, 2.75) is 6.54 Å². The van der Waals surface area contributed by atoms with Crippen molar-refractivity contribution in [2.24, 2.45) is 0 Å². The lowest BCUT2D eigenvalue weighted by atomic mass is 10.1. The third-order valence-electron chi connectivity index (χ3n) is 6.04. The second-order valence-electron chi connectivity index (χ2n) is 8.21. The molecule has 1 fully saturated rings. The highest BCUT2D eigenvalue weighted by atomic mass is 32.1. The number of amides is 2. The topological polar surface area (TPSA) is 72.8 Å². The van der Waals surface area contributed by atoms with Crippen LogP contribution in [0.4, 0.5) is 5.69 Å². The molecule has 1 N–H and O–H groups in total. The van der Waals surface area contributed by atoms with Crippen molar-refractivity contribution in [3.05, 3.63) is 95.7 Å². The summed E-state index contributed by atoms with van der Waals surface area (Å²) in [5.41, 5.74) is 3.29. The number of fused-ring (bicyclic) bond motifs is 1. The second kappa shape index (κ2) is 9.67. The van der Waals surface area contributed by atoms with E-state index in [9.17, 15) is 9.59 Å². The third kappa shape index (κ3) is 4.23. The minimum Gasteiger partial charge on any atom is -0.497 e. The summed E-state index contributed by atoms with van der Waals surface area (Å²) in [6.07, 6.45) is 3.57. The zero-order valence-corrected chi connectivity index (χ0v) is 20.5. The highest BCUT2D eigenvalue weighted by Gasteiger charge is 2.36. The summed E-state index contributed by atoms with van der Waals surface area (Å²) in [5, 5.41) is 3.56. The second-order valence-corrected chi connectivity index (χ2v) is 8.60. The summed E-state index contributed by atoms with van der Waals surface area (Å²) < 4.78 is 12.8. The van der Waals surface area contributed by atoms with Crippen LogP contribution >= 0.6 is 12.2 Å². The van der Waals surface area contributed by atoms with Gasteiger partial charge in [-0.15, -0.1) is 0 Å². The fraction of sp³-hybridized carbons (Fsp3) is 0.107. The fourth-order valence-corrected chi connectivity index (χ4v) is 4.58. The molecule has 0 aliphatic carbocycles. The molecule has 0 atom stereocenters. The minimum absolute atomic E-state index is 0.0166. The quantitative estimate of drug-likeness (QED) is 0.241. The first kappa shape index (κ1) is 23.3. The van der Waals surface area contributed by atoms with Crippen molar-refractivity contribution in [3.8, 4) is 11.5 Å². The van der Waals surface area contributed by atoms with Gasteiger partial charge in [-0.25, -0.2) is 4.90 Å². The first-order chi connectivity index (χ1) is 17.5. The number of anilines is 1. The lowest BCUT2D eigenvalue weighted by molar-refractivity contribution is -0.122. The molecule has 180 valence electrons. The lowest BCUT2D eigenvalue weighted by Crippen LogP contribution is -2.54. The number of aromatic nitrogens is 1. The Kier molecular flexibility index (Phi) is 6.26. The maximum Gasteiger partial charge on any atom is 0.270 e. The van der Waals surface area contributed by atoms with Gasteiger partial charge in [0.25, 0.3) is 11.8 Å². The molecular formula is C28H23N3O4S. The number of nitrogens with zero attached hydrogens (tertiary/aromatic N) is 2. The average Bonchev–Trinajstić information content (AvgIpc) is 3.24. The molecule has 0 spiro atoms. The van der Waals surface area contributed by atoms with E-state index in [0.717, 1.165) is 22.0 Å². The maximum absolute atomic E-state index is 13.6.